The summed E-state index contributed by atoms with van der Waals surface area (Å²) >= 11 is 0. The van der Waals surface area contributed by atoms with Gasteiger partial charge in [-0.3, -0.25) is 0 Å². The Labute approximate surface area is 103 Å². The summed E-state index contributed by atoms with van der Waals surface area (Å²) in [5.41, 5.74) is 2.12. The standard InChI is InChI=1S/C12H10N6/c1-9-3-5-10(6-4-9)11-15-16-17-18(11)12-13-7-2-8-14-12/h2-8H,1H3. The van der Waals surface area contributed by atoms with Crippen LogP contribution in [0.5, 0.6) is 0 Å². The topological polar surface area (TPSA) is 69.4 Å². The van der Waals surface area contributed by atoms with E-state index in [1.807, 2.05) is 31.2 Å². The first-order chi connectivity index (χ1) is 8.84. The molecule has 0 amide bonds. The molecule has 0 atom stereocenters. The van der Waals surface area contributed by atoms with Gasteiger partial charge >= 0.3 is 0 Å². The highest BCUT2D eigenvalue weighted by molar-refractivity contribution is 5.56. The van der Waals surface area contributed by atoms with Gasteiger partial charge < -0.3 is 0 Å². The molecule has 3 aromatic rings. The van der Waals surface area contributed by atoms with Crippen molar-refractivity contribution in [2.24, 2.45) is 0 Å². The summed E-state index contributed by atoms with van der Waals surface area (Å²) in [5, 5.41) is 11.6. The van der Waals surface area contributed by atoms with Crippen LogP contribution in [-0.2, 0) is 0 Å². The van der Waals surface area contributed by atoms with Crippen molar-refractivity contribution in [3.05, 3.63) is 48.3 Å². The molecule has 6 heteroatoms. The molecule has 0 aliphatic rings. The van der Waals surface area contributed by atoms with Crippen molar-refractivity contribution in [1.82, 2.24) is 30.2 Å². The highest BCUT2D eigenvalue weighted by Gasteiger charge is 2.11. The van der Waals surface area contributed by atoms with Crippen LogP contribution in [0.2, 0.25) is 0 Å². The van der Waals surface area contributed by atoms with Gasteiger partial charge in [0, 0.05) is 18.0 Å². The second-order valence-electron chi connectivity index (χ2n) is 3.83. The fourth-order valence-electron chi connectivity index (χ4n) is 1.61. The highest BCUT2D eigenvalue weighted by atomic mass is 15.6. The van der Waals surface area contributed by atoms with E-state index in [-0.39, 0.29) is 0 Å². The van der Waals surface area contributed by atoms with Crippen LogP contribution in [0.25, 0.3) is 17.3 Å². The highest BCUT2D eigenvalue weighted by Crippen LogP contribution is 2.17. The van der Waals surface area contributed by atoms with Gasteiger partial charge in [-0.25, -0.2) is 9.97 Å². The van der Waals surface area contributed by atoms with E-state index in [2.05, 4.69) is 25.5 Å². The average molecular weight is 238 g/mol. The Balaban J connectivity index is 2.10. The van der Waals surface area contributed by atoms with Crippen molar-refractivity contribution in [2.45, 2.75) is 6.92 Å². The zero-order chi connectivity index (χ0) is 12.4. The van der Waals surface area contributed by atoms with Gasteiger partial charge in [0.05, 0.1) is 0 Å². The van der Waals surface area contributed by atoms with Crippen LogP contribution in [0.4, 0.5) is 0 Å². The molecule has 0 radical (unpaired) electrons. The second-order valence-corrected chi connectivity index (χ2v) is 3.83. The zero-order valence-electron chi connectivity index (χ0n) is 9.72. The SMILES string of the molecule is Cc1ccc(-c2nnnn2-c2ncccn2)cc1. The molecule has 18 heavy (non-hydrogen) atoms. The molecule has 6 nitrogen and oxygen atoms in total. The molecule has 0 unspecified atom stereocenters. The van der Waals surface area contributed by atoms with Gasteiger partial charge in [0.1, 0.15) is 0 Å². The van der Waals surface area contributed by atoms with Gasteiger partial charge in [0.25, 0.3) is 5.95 Å². The Hall–Kier alpha value is -2.63. The molecule has 0 aliphatic carbocycles. The van der Waals surface area contributed by atoms with E-state index in [4.69, 9.17) is 0 Å². The molecule has 0 bridgehead atoms. The number of aryl methyl sites for hydroxylation is 1. The zero-order valence-corrected chi connectivity index (χ0v) is 9.72. The molecule has 0 spiro atoms. The predicted octanol–water partition coefficient (Wildman–Crippen LogP) is 1.43. The Morgan fingerprint density at radius 2 is 1.72 bits per heavy atom. The van der Waals surface area contributed by atoms with Crippen LogP contribution >= 0.6 is 0 Å². The lowest BCUT2D eigenvalue weighted by atomic mass is 10.1. The molecule has 0 N–H and O–H groups in total. The maximum atomic E-state index is 4.13. The number of tetrazole rings is 1. The minimum atomic E-state index is 0.457. The first-order valence-corrected chi connectivity index (χ1v) is 5.47. The summed E-state index contributed by atoms with van der Waals surface area (Å²) in [4.78, 5) is 8.27. The molecule has 1 aromatic carbocycles. The van der Waals surface area contributed by atoms with Crippen molar-refractivity contribution >= 4 is 0 Å². The van der Waals surface area contributed by atoms with Gasteiger partial charge in [0.15, 0.2) is 5.82 Å². The van der Waals surface area contributed by atoms with Crippen molar-refractivity contribution in [3.63, 3.8) is 0 Å². The average Bonchev–Trinajstić information content (AvgIpc) is 2.90. The third-order valence-corrected chi connectivity index (χ3v) is 2.52. The van der Waals surface area contributed by atoms with Gasteiger partial charge in [0.2, 0.25) is 0 Å². The third kappa shape index (κ3) is 1.84. The molecule has 0 fully saturated rings. The van der Waals surface area contributed by atoms with E-state index in [1.165, 1.54) is 10.2 Å². The molecule has 0 saturated heterocycles. The van der Waals surface area contributed by atoms with E-state index in [0.29, 0.717) is 11.8 Å². The summed E-state index contributed by atoms with van der Waals surface area (Å²) in [7, 11) is 0. The monoisotopic (exact) mass is 238 g/mol. The van der Waals surface area contributed by atoms with Gasteiger partial charge in [-0.1, -0.05) is 29.8 Å². The van der Waals surface area contributed by atoms with Gasteiger partial charge in [-0.2, -0.15) is 4.68 Å². The van der Waals surface area contributed by atoms with E-state index < -0.39 is 0 Å². The number of nitrogens with zero attached hydrogens (tertiary/aromatic N) is 6. The predicted molar refractivity (Wildman–Crippen MR) is 64.9 cm³/mol. The first kappa shape index (κ1) is 10.5. The fourth-order valence-corrected chi connectivity index (χ4v) is 1.61. The van der Waals surface area contributed by atoms with Crippen molar-refractivity contribution in [1.29, 1.82) is 0 Å². The van der Waals surface area contributed by atoms with Crippen molar-refractivity contribution in [3.8, 4) is 17.3 Å². The largest absolute Gasteiger partial charge is 0.253 e. The molecule has 0 saturated carbocycles. The van der Waals surface area contributed by atoms with E-state index in [0.717, 1.165) is 5.56 Å². The third-order valence-electron chi connectivity index (χ3n) is 2.52. The van der Waals surface area contributed by atoms with Gasteiger partial charge in [-0.05, 0) is 23.4 Å². The molecule has 88 valence electrons. The molecular weight excluding hydrogens is 228 g/mol. The summed E-state index contributed by atoms with van der Waals surface area (Å²) in [6.07, 6.45) is 3.31. The summed E-state index contributed by atoms with van der Waals surface area (Å²) in [5.74, 6) is 1.08. The minimum Gasteiger partial charge on any atom is -0.220 e. The maximum absolute atomic E-state index is 4.13. The van der Waals surface area contributed by atoms with Crippen LogP contribution in [0.1, 0.15) is 5.56 Å². The van der Waals surface area contributed by atoms with Crippen molar-refractivity contribution < 1.29 is 0 Å². The van der Waals surface area contributed by atoms with Crippen LogP contribution < -0.4 is 0 Å². The van der Waals surface area contributed by atoms with Crippen LogP contribution in [0.3, 0.4) is 0 Å². The van der Waals surface area contributed by atoms with E-state index in [1.54, 1.807) is 18.5 Å². The number of hydrogen-bond acceptors (Lipinski definition) is 5. The van der Waals surface area contributed by atoms with Crippen LogP contribution in [0.15, 0.2) is 42.7 Å². The van der Waals surface area contributed by atoms with Crippen molar-refractivity contribution in [2.75, 3.05) is 0 Å². The Bertz CT molecular complexity index is 644. The molecule has 3 rings (SSSR count). The normalized spacial score (nSPS) is 10.5. The maximum Gasteiger partial charge on any atom is 0.253 e. The Kier molecular flexibility index (Phi) is 2.53. The van der Waals surface area contributed by atoms with Crippen LogP contribution in [0, 0.1) is 6.92 Å². The minimum absolute atomic E-state index is 0.457. The number of rotatable bonds is 2. The number of hydrogen-bond donors (Lipinski definition) is 0. The lowest BCUT2D eigenvalue weighted by Crippen LogP contribution is -2.04. The van der Waals surface area contributed by atoms with Crippen LogP contribution in [-0.4, -0.2) is 30.2 Å². The number of benzene rings is 1. The molecule has 2 heterocycles. The molecule has 2 aromatic heterocycles. The molecular formula is C12H10N6. The Morgan fingerprint density at radius 1 is 1.00 bits per heavy atom. The Morgan fingerprint density at radius 3 is 2.44 bits per heavy atom. The second kappa shape index (κ2) is 4.33. The summed E-state index contributed by atoms with van der Waals surface area (Å²) in [6, 6.07) is 9.72. The summed E-state index contributed by atoms with van der Waals surface area (Å²) < 4.78 is 1.52. The van der Waals surface area contributed by atoms with E-state index in [9.17, 15) is 0 Å². The van der Waals surface area contributed by atoms with Gasteiger partial charge in [-0.15, -0.1) is 5.10 Å². The fraction of sp³-hybridized carbons (Fsp3) is 0.0833. The molecule has 0 aliphatic heterocycles. The first-order valence-electron chi connectivity index (χ1n) is 5.47. The smallest absolute Gasteiger partial charge is 0.220 e. The number of aromatic nitrogens is 6. The lowest BCUT2D eigenvalue weighted by Gasteiger charge is -2.02. The van der Waals surface area contributed by atoms with E-state index >= 15 is 0 Å². The summed E-state index contributed by atoms with van der Waals surface area (Å²) in [6.45, 7) is 2.03. The quantitative estimate of drug-likeness (QED) is 0.675. The lowest BCUT2D eigenvalue weighted by molar-refractivity contribution is 0.751.